The van der Waals surface area contributed by atoms with Crippen molar-refractivity contribution >= 4 is 132 Å². The molecule has 3 N–H and O–H groups in total. The van der Waals surface area contributed by atoms with Gasteiger partial charge in [-0.25, -0.2) is 26.2 Å². The van der Waals surface area contributed by atoms with Crippen LogP contribution >= 0.6 is 95.2 Å². The van der Waals surface area contributed by atoms with Crippen molar-refractivity contribution in [2.75, 3.05) is 29.8 Å². The lowest BCUT2D eigenvalue weighted by atomic mass is 10.5. The van der Waals surface area contributed by atoms with E-state index in [0.717, 1.165) is 21.6 Å². The van der Waals surface area contributed by atoms with E-state index in [1.165, 1.54) is 6.21 Å². The number of nitrogens with zero attached hydrogens (tertiary/aromatic N) is 5. The number of hydrogen-bond donors (Lipinski definition) is 4. The van der Waals surface area contributed by atoms with Crippen molar-refractivity contribution in [2.24, 2.45) is 15.3 Å². The molecule has 268 valence electrons. The molecule has 0 aliphatic carbocycles. The van der Waals surface area contributed by atoms with E-state index in [1.54, 1.807) is 110 Å². The Labute approximate surface area is 319 Å². The van der Waals surface area contributed by atoms with Crippen molar-refractivity contribution < 1.29 is 18.8 Å². The van der Waals surface area contributed by atoms with Crippen molar-refractivity contribution in [1.82, 2.24) is 26.2 Å². The fourth-order valence-electron chi connectivity index (χ4n) is 2.01. The normalized spacial score (nSPS) is 10.6. The Balaban J connectivity index is -0.000000180. The molecule has 0 aromatic carbocycles. The van der Waals surface area contributed by atoms with Crippen LogP contribution in [0.15, 0.2) is 74.1 Å². The minimum Gasteiger partial charge on any atom is -0.273 e. The van der Waals surface area contributed by atoms with Gasteiger partial charge in [-0.1, -0.05) is 55.3 Å². The Kier molecular flexibility index (Phi) is 42.2. The van der Waals surface area contributed by atoms with Gasteiger partial charge in [0.2, 0.25) is 17.7 Å². The molecule has 0 saturated carbocycles. The number of carbonyl (C=O) groups excluding carboxylic acids is 3. The predicted molar refractivity (Wildman–Crippen MR) is 230 cm³/mol. The Morgan fingerprint density at radius 2 is 1.26 bits per heavy atom. The van der Waals surface area contributed by atoms with Crippen LogP contribution in [0.4, 0.5) is 0 Å². The second kappa shape index (κ2) is 43.1. The molecule has 0 aliphatic heterocycles. The number of amides is 3. The molecule has 2 heterocycles. The molecule has 0 spiro atoms. The smallest absolute Gasteiger partial charge is 0.240 e. The molecule has 3 amide bonds. The van der Waals surface area contributed by atoms with Crippen molar-refractivity contribution in [3.05, 3.63) is 48.8 Å². The van der Waals surface area contributed by atoms with Gasteiger partial charge in [0.1, 0.15) is 10.1 Å². The molecule has 2 rings (SSSR count). The summed E-state index contributed by atoms with van der Waals surface area (Å²) in [5.41, 5.74) is 7.14. The second-order valence-electron chi connectivity index (χ2n) is 7.22. The van der Waals surface area contributed by atoms with Crippen LogP contribution in [0.5, 0.6) is 0 Å². The van der Waals surface area contributed by atoms with Crippen LogP contribution < -0.4 is 16.3 Å². The lowest BCUT2D eigenvalue weighted by Gasteiger charge is -1.99. The third-order valence-electron chi connectivity index (χ3n) is 3.83. The highest BCUT2D eigenvalue weighted by Crippen LogP contribution is 2.29. The average molecular weight is 827 g/mol. The first-order valence-electron chi connectivity index (χ1n) is 15.0. The molecule has 47 heavy (non-hydrogen) atoms. The fraction of sp³-hybridized carbons (Fsp3) is 0.407. The molecule has 0 bridgehead atoms. The number of aromatic nitrogens is 2. The largest absolute Gasteiger partial charge is 0.273 e. The summed E-state index contributed by atoms with van der Waals surface area (Å²) < 4.78 is 16.2. The highest BCUT2D eigenvalue weighted by molar-refractivity contribution is 8.77. The standard InChI is InChI=1S/C10H13N3OS2.C6H12N2OS2.C6H7NS2.C5H10N2OS.H4P2.2H2/c1-2-12-13-9(14)6-8-15-16-10-5-3-4-7-11-10;1-3-7-8-6(9)4-5-11-10-2;1-8-9-6-4-2-3-5-7-6;1-2-6-7-5(8)3-4-9;1-2;;/h2-5,7H,6,8H2,1H3,(H,13,14);3H,4-5H2,1-2H3,(H,8,9);2-5H,1H3;2,9H,3-4H2,1H3,(H,7,8);1-2H2;2*1H/b12-2+;7-3+;;6-2+;;;/i;;;;1D;1+2D;1+2. The highest BCUT2D eigenvalue weighted by Gasteiger charge is 2.01. The molecule has 0 radical (unpaired) electrons. The fourth-order valence-corrected chi connectivity index (χ4v) is 6.49. The van der Waals surface area contributed by atoms with Gasteiger partial charge in [0, 0.05) is 66.2 Å². The van der Waals surface area contributed by atoms with Gasteiger partial charge in [0.15, 0.2) is 0 Å². The number of hydrogen-bond acceptors (Lipinski definition) is 15. The minimum absolute atomic E-state index is 0. The topological polar surface area (TPSA) is 150 Å². The van der Waals surface area contributed by atoms with E-state index in [1.807, 2.05) is 48.9 Å². The number of carbonyl (C=O) groups is 3. The Bertz CT molecular complexity index is 1130. The van der Waals surface area contributed by atoms with Crippen LogP contribution in [0.1, 0.15) is 44.4 Å². The van der Waals surface area contributed by atoms with Gasteiger partial charge in [-0.3, -0.25) is 14.4 Å². The van der Waals surface area contributed by atoms with Gasteiger partial charge in [0.25, 0.3) is 0 Å². The first-order chi connectivity index (χ1) is 24.3. The van der Waals surface area contributed by atoms with Gasteiger partial charge in [-0.05, 0) is 84.9 Å². The van der Waals surface area contributed by atoms with Crippen LogP contribution in [0.2, 0.25) is 0 Å². The summed E-state index contributed by atoms with van der Waals surface area (Å²) in [6, 6.07) is 11.7. The molecule has 0 fully saturated rings. The Hall–Kier alpha value is -0.970. The van der Waals surface area contributed by atoms with Gasteiger partial charge >= 0.3 is 0 Å². The number of thiol groups is 1. The minimum atomic E-state index is -0.0944. The third kappa shape index (κ3) is 41.1. The van der Waals surface area contributed by atoms with Gasteiger partial charge in [0.05, 0.1) is 1.28 Å². The van der Waals surface area contributed by atoms with Crippen LogP contribution in [0, 0.1) is 0 Å². The molecule has 11 nitrogen and oxygen atoms in total. The SMILES string of the molecule is C/C=N/NC(=O)CCS.C/C=N/NC(=O)CCSSC.C/C=N/NC(=O)CCSSc1ccccn1.CSSc1ccccn1.[2H]PP.[2H][3H].[3HH]. The number of nitrogens with one attached hydrogen (secondary N) is 3. The molecule has 2 aromatic rings. The zero-order valence-corrected chi connectivity index (χ0v) is 35.0. The van der Waals surface area contributed by atoms with Crippen molar-refractivity contribution in [2.45, 2.75) is 50.1 Å². The first kappa shape index (κ1) is 46.0. The molecule has 0 saturated heterocycles. The van der Waals surface area contributed by atoms with Crippen molar-refractivity contribution in [3.8, 4) is 0 Å². The summed E-state index contributed by atoms with van der Waals surface area (Å²) in [6.07, 6.45) is 13.6. The quantitative estimate of drug-likeness (QED) is 0.0327. The molecular weight excluding hydrogens is 771 g/mol. The molecular formula is C27H50N8O3P2S7. The summed E-state index contributed by atoms with van der Waals surface area (Å²) in [5, 5.41) is 12.8. The van der Waals surface area contributed by atoms with E-state index in [4.69, 9.17) is 4.25 Å². The predicted octanol–water partition coefficient (Wildman–Crippen LogP) is 7.87. The van der Waals surface area contributed by atoms with E-state index in [0.29, 0.717) is 25.0 Å². The van der Waals surface area contributed by atoms with Crippen LogP contribution in [-0.2, 0) is 14.4 Å². The maximum Gasteiger partial charge on any atom is 0.240 e. The maximum atomic E-state index is 11.2. The van der Waals surface area contributed by atoms with E-state index in [2.05, 4.69) is 63.1 Å². The van der Waals surface area contributed by atoms with Crippen LogP contribution in [0.3, 0.4) is 0 Å². The van der Waals surface area contributed by atoms with Gasteiger partial charge < -0.3 is 0 Å². The summed E-state index contributed by atoms with van der Waals surface area (Å²) in [4.78, 5) is 40.8. The summed E-state index contributed by atoms with van der Waals surface area (Å²) in [5.74, 6) is 1.96. The van der Waals surface area contributed by atoms with Crippen LogP contribution in [0.25, 0.3) is 0 Å². The van der Waals surface area contributed by atoms with Crippen LogP contribution in [-0.4, -0.2) is 77.4 Å². The van der Waals surface area contributed by atoms with E-state index < -0.39 is 0 Å². The van der Waals surface area contributed by atoms with Crippen molar-refractivity contribution in [1.29, 1.82) is 1.28 Å². The lowest BCUT2D eigenvalue weighted by molar-refractivity contribution is -0.121. The third-order valence-corrected chi connectivity index (χ3v) is 9.72. The molecule has 0 aliphatic rings. The Morgan fingerprint density at radius 3 is 1.62 bits per heavy atom. The number of pyridine rings is 2. The number of hydrazone groups is 3. The second-order valence-corrected chi connectivity index (χ2v) is 15.2. The highest BCUT2D eigenvalue weighted by atomic mass is 33.1. The monoisotopic (exact) mass is 826 g/mol. The zero-order valence-electron chi connectivity index (χ0n) is 30.0. The average Bonchev–Trinajstić information content (AvgIpc) is 3.14. The molecule has 2 unspecified atom stereocenters. The Morgan fingerprint density at radius 1 is 0.830 bits per heavy atom. The number of rotatable bonds is 16. The summed E-state index contributed by atoms with van der Waals surface area (Å²) in [7, 11) is 12.4. The zero-order chi connectivity index (χ0) is 38.5. The maximum absolute atomic E-state index is 11.2. The van der Waals surface area contributed by atoms with E-state index in [9.17, 15) is 14.4 Å². The van der Waals surface area contributed by atoms with Gasteiger partial charge in [-0.2, -0.15) is 27.9 Å². The van der Waals surface area contributed by atoms with Gasteiger partial charge in [-0.15, -0.1) is 17.8 Å². The lowest BCUT2D eigenvalue weighted by Crippen LogP contribution is -2.17. The molecule has 20 heteroatoms. The molecule has 2 atom stereocenters. The van der Waals surface area contributed by atoms with E-state index >= 15 is 0 Å². The summed E-state index contributed by atoms with van der Waals surface area (Å²) in [6.45, 7) is 5.25. The summed E-state index contributed by atoms with van der Waals surface area (Å²) >= 11 is 3.87. The molecule has 2 aromatic heterocycles. The van der Waals surface area contributed by atoms with E-state index in [-0.39, 0.29) is 28.0 Å². The first-order valence-corrected chi connectivity index (χ1v) is 24.1. The van der Waals surface area contributed by atoms with Crippen molar-refractivity contribution in [3.63, 3.8) is 0 Å².